The SMILES string of the molecule is Cc1ccnc([C@@H]2CCN(Cc3nccs3)C2)n1. The molecule has 0 N–H and O–H groups in total. The van der Waals surface area contributed by atoms with Crippen LogP contribution in [0, 0.1) is 6.92 Å². The molecule has 1 aliphatic heterocycles. The minimum absolute atomic E-state index is 0.477. The largest absolute Gasteiger partial charge is 0.296 e. The Hall–Kier alpha value is -1.33. The van der Waals surface area contributed by atoms with Crippen molar-refractivity contribution in [3.8, 4) is 0 Å². The molecule has 0 unspecified atom stereocenters. The van der Waals surface area contributed by atoms with E-state index in [2.05, 4.69) is 19.9 Å². The summed E-state index contributed by atoms with van der Waals surface area (Å²) in [5, 5.41) is 3.23. The molecule has 1 fully saturated rings. The molecule has 0 bridgehead atoms. The second-order valence-corrected chi connectivity index (χ2v) is 5.68. The molecule has 18 heavy (non-hydrogen) atoms. The van der Waals surface area contributed by atoms with Crippen molar-refractivity contribution in [2.45, 2.75) is 25.8 Å². The quantitative estimate of drug-likeness (QED) is 0.848. The van der Waals surface area contributed by atoms with Crippen LogP contribution in [0.25, 0.3) is 0 Å². The van der Waals surface area contributed by atoms with E-state index in [1.807, 2.05) is 30.8 Å². The second-order valence-electron chi connectivity index (χ2n) is 4.70. The van der Waals surface area contributed by atoms with Crippen LogP contribution in [0.4, 0.5) is 0 Å². The maximum Gasteiger partial charge on any atom is 0.132 e. The Morgan fingerprint density at radius 2 is 2.33 bits per heavy atom. The van der Waals surface area contributed by atoms with Crippen LogP contribution in [0.3, 0.4) is 0 Å². The first-order valence-corrected chi connectivity index (χ1v) is 7.09. The minimum atomic E-state index is 0.477. The minimum Gasteiger partial charge on any atom is -0.296 e. The highest BCUT2D eigenvalue weighted by Gasteiger charge is 2.26. The highest BCUT2D eigenvalue weighted by atomic mass is 32.1. The summed E-state index contributed by atoms with van der Waals surface area (Å²) >= 11 is 1.73. The third kappa shape index (κ3) is 2.57. The van der Waals surface area contributed by atoms with E-state index in [1.54, 1.807) is 11.3 Å². The van der Waals surface area contributed by atoms with Gasteiger partial charge in [0, 0.05) is 35.9 Å². The predicted molar refractivity (Wildman–Crippen MR) is 71.5 cm³/mol. The van der Waals surface area contributed by atoms with Crippen molar-refractivity contribution >= 4 is 11.3 Å². The number of aryl methyl sites for hydroxylation is 1. The molecule has 1 aliphatic rings. The van der Waals surface area contributed by atoms with Gasteiger partial charge in [-0.1, -0.05) is 0 Å². The second kappa shape index (κ2) is 5.12. The molecule has 3 heterocycles. The Morgan fingerprint density at radius 1 is 1.39 bits per heavy atom. The summed E-state index contributed by atoms with van der Waals surface area (Å²) < 4.78 is 0. The fourth-order valence-corrected chi connectivity index (χ4v) is 3.03. The fraction of sp³-hybridized carbons (Fsp3) is 0.462. The summed E-state index contributed by atoms with van der Waals surface area (Å²) in [5.41, 5.74) is 1.05. The Labute approximate surface area is 111 Å². The number of hydrogen-bond donors (Lipinski definition) is 0. The summed E-state index contributed by atoms with van der Waals surface area (Å²) in [6.07, 6.45) is 4.88. The summed E-state index contributed by atoms with van der Waals surface area (Å²) in [7, 11) is 0. The van der Waals surface area contributed by atoms with Gasteiger partial charge in [0.2, 0.25) is 0 Å². The lowest BCUT2D eigenvalue weighted by Crippen LogP contribution is -2.20. The van der Waals surface area contributed by atoms with Gasteiger partial charge in [0.25, 0.3) is 0 Å². The smallest absolute Gasteiger partial charge is 0.132 e. The van der Waals surface area contributed by atoms with Crippen molar-refractivity contribution in [3.05, 3.63) is 40.4 Å². The summed E-state index contributed by atoms with van der Waals surface area (Å²) in [5.74, 6) is 1.47. The molecule has 2 aromatic rings. The zero-order chi connectivity index (χ0) is 12.4. The summed E-state index contributed by atoms with van der Waals surface area (Å²) in [6.45, 7) is 5.14. The van der Waals surface area contributed by atoms with Crippen molar-refractivity contribution in [2.24, 2.45) is 0 Å². The van der Waals surface area contributed by atoms with Crippen LogP contribution < -0.4 is 0 Å². The van der Waals surface area contributed by atoms with E-state index in [9.17, 15) is 0 Å². The molecule has 2 aromatic heterocycles. The Kier molecular flexibility index (Phi) is 3.34. The monoisotopic (exact) mass is 260 g/mol. The van der Waals surface area contributed by atoms with Crippen molar-refractivity contribution in [2.75, 3.05) is 13.1 Å². The molecular formula is C13H16N4S. The average molecular weight is 260 g/mol. The molecule has 1 atom stereocenters. The molecule has 0 aromatic carbocycles. The lowest BCUT2D eigenvalue weighted by Gasteiger charge is -2.13. The molecule has 0 radical (unpaired) electrons. The van der Waals surface area contributed by atoms with Crippen LogP contribution in [-0.4, -0.2) is 32.9 Å². The summed E-state index contributed by atoms with van der Waals surface area (Å²) in [4.78, 5) is 15.7. The van der Waals surface area contributed by atoms with E-state index in [1.165, 1.54) is 5.01 Å². The van der Waals surface area contributed by atoms with Gasteiger partial charge in [-0.05, 0) is 26.0 Å². The highest BCUT2D eigenvalue weighted by molar-refractivity contribution is 7.09. The van der Waals surface area contributed by atoms with Gasteiger partial charge in [0.15, 0.2) is 0 Å². The molecule has 0 aliphatic carbocycles. The fourth-order valence-electron chi connectivity index (χ4n) is 2.37. The normalized spacial score (nSPS) is 20.4. The van der Waals surface area contributed by atoms with Crippen LogP contribution in [0.15, 0.2) is 23.8 Å². The first kappa shape index (κ1) is 11.7. The lowest BCUT2D eigenvalue weighted by molar-refractivity contribution is 0.325. The first-order chi connectivity index (χ1) is 8.81. The third-order valence-electron chi connectivity index (χ3n) is 3.29. The number of nitrogens with zero attached hydrogens (tertiary/aromatic N) is 4. The van der Waals surface area contributed by atoms with Crippen LogP contribution in [0.2, 0.25) is 0 Å². The molecule has 0 saturated carbocycles. The van der Waals surface area contributed by atoms with E-state index in [4.69, 9.17) is 0 Å². The van der Waals surface area contributed by atoms with Gasteiger partial charge in [-0.25, -0.2) is 15.0 Å². The number of rotatable bonds is 3. The standard InChI is InChI=1S/C13H16N4S/c1-10-2-4-15-13(16-10)11-3-6-17(8-11)9-12-14-5-7-18-12/h2,4-5,7,11H,3,6,8-9H2,1H3/t11-/m1/s1. The number of likely N-dealkylation sites (tertiary alicyclic amines) is 1. The van der Waals surface area contributed by atoms with Crippen molar-refractivity contribution in [1.29, 1.82) is 0 Å². The van der Waals surface area contributed by atoms with Gasteiger partial charge in [0.05, 0.1) is 6.54 Å². The Bertz CT molecular complexity index is 511. The number of aromatic nitrogens is 3. The highest BCUT2D eigenvalue weighted by Crippen LogP contribution is 2.26. The van der Waals surface area contributed by atoms with Gasteiger partial charge in [-0.2, -0.15) is 0 Å². The van der Waals surface area contributed by atoms with Crippen LogP contribution in [-0.2, 0) is 6.54 Å². The van der Waals surface area contributed by atoms with Crippen molar-refractivity contribution < 1.29 is 0 Å². The van der Waals surface area contributed by atoms with E-state index >= 15 is 0 Å². The van der Waals surface area contributed by atoms with Gasteiger partial charge in [-0.3, -0.25) is 4.90 Å². The molecule has 0 amide bonds. The van der Waals surface area contributed by atoms with Crippen molar-refractivity contribution in [1.82, 2.24) is 19.9 Å². The lowest BCUT2D eigenvalue weighted by atomic mass is 10.1. The number of hydrogen-bond acceptors (Lipinski definition) is 5. The predicted octanol–water partition coefficient (Wildman–Crippen LogP) is 2.23. The van der Waals surface area contributed by atoms with Gasteiger partial charge >= 0.3 is 0 Å². The van der Waals surface area contributed by atoms with E-state index in [-0.39, 0.29) is 0 Å². The van der Waals surface area contributed by atoms with Crippen molar-refractivity contribution in [3.63, 3.8) is 0 Å². The van der Waals surface area contributed by atoms with E-state index < -0.39 is 0 Å². The maximum atomic E-state index is 4.54. The van der Waals surface area contributed by atoms with Gasteiger partial charge < -0.3 is 0 Å². The van der Waals surface area contributed by atoms with Gasteiger partial charge in [0.1, 0.15) is 10.8 Å². The van der Waals surface area contributed by atoms with Crippen LogP contribution in [0.5, 0.6) is 0 Å². The van der Waals surface area contributed by atoms with Crippen LogP contribution in [0.1, 0.15) is 28.9 Å². The molecule has 0 spiro atoms. The molecule has 3 rings (SSSR count). The third-order valence-corrected chi connectivity index (χ3v) is 4.06. The van der Waals surface area contributed by atoms with E-state index in [0.717, 1.165) is 37.6 Å². The molecule has 4 nitrogen and oxygen atoms in total. The topological polar surface area (TPSA) is 41.9 Å². The number of thiazole rings is 1. The first-order valence-electron chi connectivity index (χ1n) is 6.21. The molecule has 94 valence electrons. The molecular weight excluding hydrogens is 244 g/mol. The zero-order valence-electron chi connectivity index (χ0n) is 10.4. The summed E-state index contributed by atoms with van der Waals surface area (Å²) in [6, 6.07) is 1.95. The Morgan fingerprint density at radius 3 is 3.11 bits per heavy atom. The van der Waals surface area contributed by atoms with E-state index in [0.29, 0.717) is 5.92 Å². The molecule has 1 saturated heterocycles. The maximum absolute atomic E-state index is 4.54. The van der Waals surface area contributed by atoms with Crippen LogP contribution >= 0.6 is 11.3 Å². The average Bonchev–Trinajstić information content (AvgIpc) is 3.01. The Balaban J connectivity index is 1.65. The van der Waals surface area contributed by atoms with Gasteiger partial charge in [-0.15, -0.1) is 11.3 Å². The molecule has 5 heteroatoms. The zero-order valence-corrected chi connectivity index (χ0v) is 11.2.